The highest BCUT2D eigenvalue weighted by Gasteiger charge is 2.45. The second kappa shape index (κ2) is 6.11. The lowest BCUT2D eigenvalue weighted by molar-refractivity contribution is 0.309. The van der Waals surface area contributed by atoms with E-state index in [1.54, 1.807) is 11.8 Å². The van der Waals surface area contributed by atoms with Gasteiger partial charge in [-0.15, -0.1) is 11.8 Å². The topological polar surface area (TPSA) is 49.8 Å². The van der Waals surface area contributed by atoms with Crippen molar-refractivity contribution in [2.45, 2.75) is 25.5 Å². The van der Waals surface area contributed by atoms with E-state index >= 15 is 0 Å². The highest BCUT2D eigenvalue weighted by molar-refractivity contribution is 8.04. The molecule has 0 bridgehead atoms. The molecule has 2 atom stereocenters. The fourth-order valence-electron chi connectivity index (χ4n) is 3.37. The lowest BCUT2D eigenvalue weighted by atomic mass is 9.70. The molecule has 0 saturated carbocycles. The SMILES string of the molecule is CC1(C)CC(/C=C/c2ccccc2Cl)=CC2C(C#N)=C(N)SC21. The van der Waals surface area contributed by atoms with Crippen LogP contribution in [0.3, 0.4) is 0 Å². The standard InChI is InChI=1S/C19H19ClN2S/c1-19(2)10-12(7-8-13-5-3-4-6-16(13)20)9-14-15(11-21)18(22)23-17(14)19/h3-9,14,17H,10,22H2,1-2H3/b8-7+. The normalized spacial score (nSPS) is 26.1. The number of allylic oxidation sites excluding steroid dienone is 4. The van der Waals surface area contributed by atoms with Crippen molar-refractivity contribution in [2.24, 2.45) is 17.1 Å². The zero-order chi connectivity index (χ0) is 16.6. The van der Waals surface area contributed by atoms with Gasteiger partial charge >= 0.3 is 0 Å². The van der Waals surface area contributed by atoms with Crippen molar-refractivity contribution in [3.63, 3.8) is 0 Å². The Balaban J connectivity index is 1.93. The van der Waals surface area contributed by atoms with Gasteiger partial charge in [-0.1, -0.05) is 67.4 Å². The quantitative estimate of drug-likeness (QED) is 0.810. The summed E-state index contributed by atoms with van der Waals surface area (Å²) in [5, 5.41) is 11.2. The zero-order valence-corrected chi connectivity index (χ0v) is 14.8. The monoisotopic (exact) mass is 342 g/mol. The first-order chi connectivity index (χ1) is 10.9. The number of hydrogen-bond acceptors (Lipinski definition) is 3. The van der Waals surface area contributed by atoms with Crippen LogP contribution in [0.5, 0.6) is 0 Å². The molecule has 2 N–H and O–H groups in total. The number of thioether (sulfide) groups is 1. The van der Waals surface area contributed by atoms with Crippen molar-refractivity contribution in [1.29, 1.82) is 5.26 Å². The maximum absolute atomic E-state index is 9.41. The van der Waals surface area contributed by atoms with Gasteiger partial charge < -0.3 is 5.73 Å². The third-order valence-corrected chi connectivity index (χ3v) is 6.51. The van der Waals surface area contributed by atoms with Gasteiger partial charge in [0.25, 0.3) is 0 Å². The van der Waals surface area contributed by atoms with E-state index in [4.69, 9.17) is 17.3 Å². The molecule has 3 rings (SSSR count). The summed E-state index contributed by atoms with van der Waals surface area (Å²) in [5.74, 6) is 0.111. The highest BCUT2D eigenvalue weighted by atomic mass is 35.5. The van der Waals surface area contributed by atoms with Gasteiger partial charge in [0.2, 0.25) is 0 Å². The molecule has 4 heteroatoms. The van der Waals surface area contributed by atoms with Gasteiger partial charge in [0, 0.05) is 16.2 Å². The van der Waals surface area contributed by atoms with Crippen LogP contribution in [0, 0.1) is 22.7 Å². The average Bonchev–Trinajstić information content (AvgIpc) is 2.82. The van der Waals surface area contributed by atoms with Crippen LogP contribution in [-0.2, 0) is 0 Å². The van der Waals surface area contributed by atoms with E-state index in [2.05, 4.69) is 32.1 Å². The van der Waals surface area contributed by atoms with Gasteiger partial charge in [-0.25, -0.2) is 0 Å². The molecule has 118 valence electrons. The minimum Gasteiger partial charge on any atom is -0.393 e. The Labute approximate surface area is 146 Å². The van der Waals surface area contributed by atoms with Crippen LogP contribution in [0.15, 0.2) is 52.6 Å². The van der Waals surface area contributed by atoms with E-state index in [9.17, 15) is 5.26 Å². The summed E-state index contributed by atoms with van der Waals surface area (Å²) in [4.78, 5) is 0. The van der Waals surface area contributed by atoms with Crippen molar-refractivity contribution in [2.75, 3.05) is 0 Å². The molecule has 0 spiro atoms. The van der Waals surface area contributed by atoms with Crippen LogP contribution in [0.4, 0.5) is 0 Å². The number of nitrogens with zero attached hydrogens (tertiary/aromatic N) is 1. The van der Waals surface area contributed by atoms with E-state index in [-0.39, 0.29) is 11.3 Å². The Morgan fingerprint density at radius 2 is 2.09 bits per heavy atom. The molecule has 0 fully saturated rings. The van der Waals surface area contributed by atoms with E-state index in [0.717, 1.165) is 22.6 Å². The smallest absolute Gasteiger partial charge is 0.0981 e. The predicted molar refractivity (Wildman–Crippen MR) is 98.7 cm³/mol. The molecule has 0 amide bonds. The largest absolute Gasteiger partial charge is 0.393 e. The van der Waals surface area contributed by atoms with Gasteiger partial charge in [0.05, 0.1) is 16.7 Å². The van der Waals surface area contributed by atoms with Crippen LogP contribution < -0.4 is 5.73 Å². The van der Waals surface area contributed by atoms with E-state index in [1.165, 1.54) is 5.57 Å². The second-order valence-corrected chi connectivity index (χ2v) is 8.31. The molecule has 23 heavy (non-hydrogen) atoms. The summed E-state index contributed by atoms with van der Waals surface area (Å²) in [6.07, 6.45) is 7.34. The van der Waals surface area contributed by atoms with E-state index in [1.807, 2.05) is 30.3 Å². The fourth-order valence-corrected chi connectivity index (χ4v) is 4.92. The third-order valence-electron chi connectivity index (χ3n) is 4.51. The Bertz CT molecular complexity index is 768. The molecule has 2 unspecified atom stereocenters. The fraction of sp³-hybridized carbons (Fsp3) is 0.316. The summed E-state index contributed by atoms with van der Waals surface area (Å²) in [6.45, 7) is 4.50. The van der Waals surface area contributed by atoms with Gasteiger partial charge in [0.15, 0.2) is 0 Å². The molecule has 0 saturated heterocycles. The van der Waals surface area contributed by atoms with Gasteiger partial charge in [-0.2, -0.15) is 5.26 Å². The van der Waals surface area contributed by atoms with Crippen molar-refractivity contribution in [3.8, 4) is 6.07 Å². The number of nitrogens with two attached hydrogens (primary N) is 1. The van der Waals surface area contributed by atoms with Crippen LogP contribution in [0.1, 0.15) is 25.8 Å². The molecule has 0 aromatic heterocycles. The summed E-state index contributed by atoms with van der Waals surface area (Å²) < 4.78 is 0. The summed E-state index contributed by atoms with van der Waals surface area (Å²) in [6, 6.07) is 10.1. The predicted octanol–water partition coefficient (Wildman–Crippen LogP) is 5.13. The molecule has 0 radical (unpaired) electrons. The second-order valence-electron chi connectivity index (χ2n) is 6.72. The molecule has 1 aliphatic heterocycles. The minimum absolute atomic E-state index is 0.0907. The lowest BCUT2D eigenvalue weighted by Crippen LogP contribution is -2.34. The number of rotatable bonds is 2. The highest BCUT2D eigenvalue weighted by Crippen LogP contribution is 2.53. The van der Waals surface area contributed by atoms with E-state index < -0.39 is 0 Å². The van der Waals surface area contributed by atoms with E-state index in [0.29, 0.717) is 10.3 Å². The molecule has 2 nitrogen and oxygen atoms in total. The van der Waals surface area contributed by atoms with Crippen LogP contribution in [0.25, 0.3) is 6.08 Å². The zero-order valence-electron chi connectivity index (χ0n) is 13.2. The Hall–Kier alpha value is -1.63. The number of halogens is 1. The maximum Gasteiger partial charge on any atom is 0.0981 e. The average molecular weight is 343 g/mol. The van der Waals surface area contributed by atoms with Crippen molar-refractivity contribution in [3.05, 3.63) is 63.2 Å². The lowest BCUT2D eigenvalue weighted by Gasteiger charge is -2.38. The van der Waals surface area contributed by atoms with Crippen molar-refractivity contribution < 1.29 is 0 Å². The Kier molecular flexibility index (Phi) is 4.31. The Morgan fingerprint density at radius 3 is 2.78 bits per heavy atom. The molecule has 1 aliphatic carbocycles. The van der Waals surface area contributed by atoms with Crippen LogP contribution in [0.2, 0.25) is 5.02 Å². The van der Waals surface area contributed by atoms with Crippen molar-refractivity contribution >= 4 is 29.4 Å². The number of nitriles is 1. The molecule has 1 aromatic carbocycles. The molecule has 1 heterocycles. The maximum atomic E-state index is 9.41. The molecule has 1 aromatic rings. The summed E-state index contributed by atoms with van der Waals surface area (Å²) >= 11 is 7.86. The number of fused-ring (bicyclic) bond motifs is 1. The first kappa shape index (κ1) is 16.2. The molecular weight excluding hydrogens is 324 g/mol. The van der Waals surface area contributed by atoms with Gasteiger partial charge in [-0.05, 0) is 23.5 Å². The first-order valence-corrected chi connectivity index (χ1v) is 8.88. The first-order valence-electron chi connectivity index (χ1n) is 7.62. The minimum atomic E-state index is 0.0907. The van der Waals surface area contributed by atoms with Crippen LogP contribution in [-0.4, -0.2) is 5.25 Å². The molecule has 2 aliphatic rings. The van der Waals surface area contributed by atoms with Crippen molar-refractivity contribution in [1.82, 2.24) is 0 Å². The Morgan fingerprint density at radius 1 is 1.35 bits per heavy atom. The number of benzene rings is 1. The molecular formula is C19H19ClN2S. The van der Waals surface area contributed by atoms with Gasteiger partial charge in [-0.3, -0.25) is 0 Å². The third kappa shape index (κ3) is 3.06. The summed E-state index contributed by atoms with van der Waals surface area (Å²) in [7, 11) is 0. The van der Waals surface area contributed by atoms with Crippen LogP contribution >= 0.6 is 23.4 Å². The summed E-state index contributed by atoms with van der Waals surface area (Å²) in [5.41, 5.74) is 9.11. The van der Waals surface area contributed by atoms with Gasteiger partial charge in [0.1, 0.15) is 0 Å². The number of hydrogen-bond donors (Lipinski definition) is 1.